The molecule has 0 saturated carbocycles. The fourth-order valence-electron chi connectivity index (χ4n) is 5.12. The highest BCUT2D eigenvalue weighted by Crippen LogP contribution is 2.32. The third kappa shape index (κ3) is 7.02. The van der Waals surface area contributed by atoms with Gasteiger partial charge >= 0.3 is 0 Å². The number of aryl methyl sites for hydroxylation is 1. The molecule has 4 rings (SSSR count). The van der Waals surface area contributed by atoms with Crippen LogP contribution in [0.2, 0.25) is 5.02 Å². The first-order chi connectivity index (χ1) is 18.7. The zero-order valence-electron chi connectivity index (χ0n) is 22.4. The molecule has 7 nitrogen and oxygen atoms in total. The van der Waals surface area contributed by atoms with Crippen LogP contribution in [0.1, 0.15) is 31.0 Å². The largest absolute Gasteiger partial charge is 0.354 e. The Balaban J connectivity index is 1.48. The minimum atomic E-state index is -0.635. The van der Waals surface area contributed by atoms with Crippen molar-refractivity contribution in [1.29, 1.82) is 0 Å². The van der Waals surface area contributed by atoms with Gasteiger partial charge < -0.3 is 15.1 Å². The summed E-state index contributed by atoms with van der Waals surface area (Å²) in [4.78, 5) is 29.5. The highest BCUT2D eigenvalue weighted by Gasteiger charge is 2.40. The summed E-state index contributed by atoms with van der Waals surface area (Å²) in [6.07, 6.45) is 0.286. The Hall–Kier alpha value is -3.30. The molecular formula is C29H34ClF2N5O2. The Morgan fingerprint density at radius 3 is 2.56 bits per heavy atom. The third-order valence-electron chi connectivity index (χ3n) is 7.42. The van der Waals surface area contributed by atoms with Gasteiger partial charge in [0.15, 0.2) is 0 Å². The van der Waals surface area contributed by atoms with Gasteiger partial charge in [-0.2, -0.15) is 5.10 Å². The van der Waals surface area contributed by atoms with Gasteiger partial charge in [-0.25, -0.2) is 13.5 Å². The molecule has 1 aromatic heterocycles. The maximum absolute atomic E-state index is 14.6. The summed E-state index contributed by atoms with van der Waals surface area (Å²) >= 11 is 6.00. The van der Waals surface area contributed by atoms with Gasteiger partial charge in [0.05, 0.1) is 5.92 Å². The van der Waals surface area contributed by atoms with Gasteiger partial charge in [0.1, 0.15) is 17.5 Å². The molecule has 2 aromatic carbocycles. The highest BCUT2D eigenvalue weighted by atomic mass is 35.5. The number of carbonyl (C=O) groups excluding carboxylic acids is 1. The van der Waals surface area contributed by atoms with Crippen LogP contribution in [0, 0.1) is 23.5 Å². The predicted octanol–water partition coefficient (Wildman–Crippen LogP) is 4.21. The monoisotopic (exact) mass is 557 g/mol. The average Bonchev–Trinajstić information content (AvgIpc) is 3.33. The summed E-state index contributed by atoms with van der Waals surface area (Å²) in [5.74, 6) is -1.32. The first kappa shape index (κ1) is 28.7. The standard InChI is InChI=1S/C29H34ClF2N5O2/c1-4-36(14-13-33-19(2)20-5-8-23(30)9-6-20)29(39)25-18-37(27-11-12-28(38)35(3)34-27)17-22(25)15-21-7-10-24(31)16-26(21)32/h5-12,16,19,22,25,33H,4,13-15,17-18H2,1-3H3. The molecule has 3 unspecified atom stereocenters. The van der Waals surface area contributed by atoms with Gasteiger partial charge in [-0.1, -0.05) is 29.8 Å². The second-order valence-corrected chi connectivity index (χ2v) is 10.4. The number of benzene rings is 2. The molecule has 1 saturated heterocycles. The van der Waals surface area contributed by atoms with Crippen LogP contribution in [-0.4, -0.2) is 53.3 Å². The Morgan fingerprint density at radius 1 is 1.15 bits per heavy atom. The molecule has 39 heavy (non-hydrogen) atoms. The van der Waals surface area contributed by atoms with Crippen molar-refractivity contribution in [1.82, 2.24) is 20.0 Å². The second-order valence-electron chi connectivity index (χ2n) is 10.0. The topological polar surface area (TPSA) is 70.5 Å². The Morgan fingerprint density at radius 2 is 1.90 bits per heavy atom. The van der Waals surface area contributed by atoms with E-state index in [1.54, 1.807) is 13.1 Å². The summed E-state index contributed by atoms with van der Waals surface area (Å²) in [5, 5.41) is 8.50. The van der Waals surface area contributed by atoms with E-state index in [0.29, 0.717) is 49.1 Å². The van der Waals surface area contributed by atoms with Gasteiger partial charge in [0.25, 0.3) is 5.56 Å². The van der Waals surface area contributed by atoms with Gasteiger partial charge in [-0.15, -0.1) is 0 Å². The smallest absolute Gasteiger partial charge is 0.266 e. The number of halogens is 3. The lowest BCUT2D eigenvalue weighted by molar-refractivity contribution is -0.135. The molecule has 1 N–H and O–H groups in total. The van der Waals surface area contributed by atoms with Crippen LogP contribution in [0.4, 0.5) is 14.6 Å². The lowest BCUT2D eigenvalue weighted by Crippen LogP contribution is -2.43. The Bertz CT molecular complexity index is 1350. The van der Waals surface area contributed by atoms with Crippen LogP contribution in [0.25, 0.3) is 0 Å². The molecule has 1 aliphatic heterocycles. The number of anilines is 1. The quantitative estimate of drug-likeness (QED) is 0.404. The van der Waals surface area contributed by atoms with E-state index >= 15 is 0 Å². The van der Waals surface area contributed by atoms with E-state index in [1.807, 2.05) is 41.0 Å². The zero-order valence-corrected chi connectivity index (χ0v) is 23.2. The fourth-order valence-corrected chi connectivity index (χ4v) is 5.24. The van der Waals surface area contributed by atoms with Crippen LogP contribution >= 0.6 is 11.6 Å². The number of amides is 1. The van der Waals surface area contributed by atoms with Crippen LogP contribution in [0.5, 0.6) is 0 Å². The Kier molecular flexibility index (Phi) is 9.35. The molecule has 0 spiro atoms. The second kappa shape index (κ2) is 12.7. The lowest BCUT2D eigenvalue weighted by atomic mass is 9.88. The zero-order chi connectivity index (χ0) is 28.1. The van der Waals surface area contributed by atoms with Crippen LogP contribution in [0.3, 0.4) is 0 Å². The molecule has 3 atom stereocenters. The minimum absolute atomic E-state index is 0.0155. The number of hydrogen-bond acceptors (Lipinski definition) is 5. The number of carbonyl (C=O) groups is 1. The first-order valence-corrected chi connectivity index (χ1v) is 13.5. The molecule has 1 aliphatic rings. The van der Waals surface area contributed by atoms with E-state index < -0.39 is 17.6 Å². The predicted molar refractivity (Wildman–Crippen MR) is 149 cm³/mol. The summed E-state index contributed by atoms with van der Waals surface area (Å²) < 4.78 is 29.3. The van der Waals surface area contributed by atoms with Gasteiger partial charge in [0, 0.05) is 63.0 Å². The van der Waals surface area contributed by atoms with Crippen molar-refractivity contribution >= 4 is 23.3 Å². The van der Waals surface area contributed by atoms with E-state index in [1.165, 1.54) is 22.9 Å². The molecule has 1 fully saturated rings. The molecular weight excluding hydrogens is 524 g/mol. The maximum Gasteiger partial charge on any atom is 0.266 e. The van der Waals surface area contributed by atoms with Crippen molar-refractivity contribution in [2.75, 3.05) is 37.6 Å². The molecule has 0 bridgehead atoms. The van der Waals surface area contributed by atoms with E-state index in [0.717, 1.165) is 11.6 Å². The number of hydrogen-bond donors (Lipinski definition) is 1. The molecule has 0 radical (unpaired) electrons. The molecule has 0 aliphatic carbocycles. The van der Waals surface area contributed by atoms with Crippen LogP contribution in [0.15, 0.2) is 59.4 Å². The van der Waals surface area contributed by atoms with E-state index in [2.05, 4.69) is 17.3 Å². The maximum atomic E-state index is 14.6. The Labute approximate surface area is 232 Å². The van der Waals surface area contributed by atoms with E-state index in [-0.39, 0.29) is 29.8 Å². The summed E-state index contributed by atoms with van der Waals surface area (Å²) in [6, 6.07) is 14.4. The first-order valence-electron chi connectivity index (χ1n) is 13.2. The van der Waals surface area contributed by atoms with Crippen molar-refractivity contribution in [3.8, 4) is 0 Å². The van der Waals surface area contributed by atoms with Crippen LogP contribution < -0.4 is 15.8 Å². The minimum Gasteiger partial charge on any atom is -0.354 e. The van der Waals surface area contributed by atoms with Crippen LogP contribution in [-0.2, 0) is 18.3 Å². The summed E-state index contributed by atoms with van der Waals surface area (Å²) in [5.41, 5.74) is 1.25. The number of nitrogens with one attached hydrogen (secondary N) is 1. The van der Waals surface area contributed by atoms with E-state index in [9.17, 15) is 18.4 Å². The van der Waals surface area contributed by atoms with Crippen molar-refractivity contribution in [3.05, 3.63) is 92.7 Å². The number of likely N-dealkylation sites (N-methyl/N-ethyl adjacent to an activating group) is 1. The molecule has 2 heterocycles. The fraction of sp³-hybridized carbons (Fsp3) is 0.414. The summed E-state index contributed by atoms with van der Waals surface area (Å²) in [7, 11) is 1.58. The molecule has 3 aromatic rings. The summed E-state index contributed by atoms with van der Waals surface area (Å²) in [6.45, 7) is 6.49. The van der Waals surface area contributed by atoms with E-state index in [4.69, 9.17) is 11.6 Å². The van der Waals surface area contributed by atoms with Crippen molar-refractivity contribution in [2.24, 2.45) is 18.9 Å². The SMILES string of the molecule is CCN(CCNC(C)c1ccc(Cl)cc1)C(=O)C1CN(c2ccc(=O)n(C)n2)CC1Cc1ccc(F)cc1F. The molecule has 1 amide bonds. The molecule has 208 valence electrons. The van der Waals surface area contributed by atoms with Gasteiger partial charge in [-0.3, -0.25) is 9.59 Å². The number of aromatic nitrogens is 2. The van der Waals surface area contributed by atoms with Crippen molar-refractivity contribution in [2.45, 2.75) is 26.3 Å². The lowest BCUT2D eigenvalue weighted by Gasteiger charge is -2.28. The number of rotatable bonds is 10. The normalized spacial score (nSPS) is 17.8. The van der Waals surface area contributed by atoms with Crippen molar-refractivity contribution in [3.63, 3.8) is 0 Å². The third-order valence-corrected chi connectivity index (χ3v) is 7.67. The number of nitrogens with zero attached hydrogens (tertiary/aromatic N) is 4. The average molecular weight is 558 g/mol. The molecule has 10 heteroatoms. The highest BCUT2D eigenvalue weighted by molar-refractivity contribution is 6.30. The van der Waals surface area contributed by atoms with Crippen molar-refractivity contribution < 1.29 is 13.6 Å². The van der Waals surface area contributed by atoms with Gasteiger partial charge in [-0.05, 0) is 61.6 Å². The van der Waals surface area contributed by atoms with Gasteiger partial charge in [0.2, 0.25) is 5.91 Å².